The van der Waals surface area contributed by atoms with Crippen molar-refractivity contribution in [3.05, 3.63) is 42.2 Å². The molecule has 0 spiro atoms. The third-order valence-electron chi connectivity index (χ3n) is 2.48. The quantitative estimate of drug-likeness (QED) is 0.669. The molecule has 0 saturated carbocycles. The van der Waals surface area contributed by atoms with Gasteiger partial charge in [0.15, 0.2) is 0 Å². The molecule has 0 aliphatic carbocycles. The molecule has 14 heavy (non-hydrogen) atoms. The standard InChI is InChI=1S/C11H10N2O/c1-2-6-13-7-4-9(11(13)3-1)10-5-8-14-12-10/h1-4,6-7H,5,8H2. The van der Waals surface area contributed by atoms with Gasteiger partial charge in [-0.1, -0.05) is 11.2 Å². The van der Waals surface area contributed by atoms with Crippen LogP contribution in [0.2, 0.25) is 0 Å². The second-order valence-corrected chi connectivity index (χ2v) is 3.34. The average molecular weight is 186 g/mol. The van der Waals surface area contributed by atoms with Gasteiger partial charge in [0, 0.05) is 24.4 Å². The Morgan fingerprint density at radius 3 is 3.07 bits per heavy atom. The molecule has 1 aliphatic heterocycles. The van der Waals surface area contributed by atoms with E-state index >= 15 is 0 Å². The average Bonchev–Trinajstić information content (AvgIpc) is 2.85. The molecule has 0 bridgehead atoms. The predicted octanol–water partition coefficient (Wildman–Crippen LogP) is 2.06. The number of aromatic nitrogens is 1. The summed E-state index contributed by atoms with van der Waals surface area (Å²) >= 11 is 0. The number of rotatable bonds is 1. The van der Waals surface area contributed by atoms with Crippen LogP contribution >= 0.6 is 0 Å². The summed E-state index contributed by atoms with van der Waals surface area (Å²) in [4.78, 5) is 5.01. The van der Waals surface area contributed by atoms with E-state index < -0.39 is 0 Å². The first kappa shape index (κ1) is 7.62. The van der Waals surface area contributed by atoms with Crippen molar-refractivity contribution < 1.29 is 4.84 Å². The number of fused-ring (bicyclic) bond motifs is 1. The molecule has 0 atom stereocenters. The minimum absolute atomic E-state index is 0.708. The summed E-state index contributed by atoms with van der Waals surface area (Å²) in [5.41, 5.74) is 3.43. The van der Waals surface area contributed by atoms with Crippen LogP contribution in [0.5, 0.6) is 0 Å². The van der Waals surface area contributed by atoms with E-state index in [4.69, 9.17) is 4.84 Å². The highest BCUT2D eigenvalue weighted by atomic mass is 16.6. The van der Waals surface area contributed by atoms with Crippen LogP contribution in [0, 0.1) is 0 Å². The van der Waals surface area contributed by atoms with Gasteiger partial charge in [-0.05, 0) is 18.2 Å². The Morgan fingerprint density at radius 1 is 1.21 bits per heavy atom. The Labute approximate surface area is 81.6 Å². The zero-order valence-electron chi connectivity index (χ0n) is 7.68. The summed E-state index contributed by atoms with van der Waals surface area (Å²) < 4.78 is 2.09. The van der Waals surface area contributed by atoms with Gasteiger partial charge in [-0.25, -0.2) is 0 Å². The van der Waals surface area contributed by atoms with E-state index in [1.165, 1.54) is 11.1 Å². The fourth-order valence-electron chi connectivity index (χ4n) is 1.79. The summed E-state index contributed by atoms with van der Waals surface area (Å²) in [5.74, 6) is 0. The van der Waals surface area contributed by atoms with Crippen molar-refractivity contribution in [3.8, 4) is 0 Å². The first-order valence-electron chi connectivity index (χ1n) is 4.70. The SMILES string of the molecule is c1ccn2ccc(C3=NOCC3)c2c1. The second kappa shape index (κ2) is 2.87. The molecule has 0 saturated heterocycles. The summed E-state index contributed by atoms with van der Waals surface area (Å²) in [6.07, 6.45) is 5.00. The van der Waals surface area contributed by atoms with Crippen molar-refractivity contribution in [1.29, 1.82) is 0 Å². The lowest BCUT2D eigenvalue weighted by atomic mass is 10.1. The van der Waals surface area contributed by atoms with Crippen molar-refractivity contribution in [2.45, 2.75) is 6.42 Å². The molecule has 3 heterocycles. The smallest absolute Gasteiger partial charge is 0.122 e. The van der Waals surface area contributed by atoms with Gasteiger partial charge >= 0.3 is 0 Å². The lowest BCUT2D eigenvalue weighted by Crippen LogP contribution is -1.96. The molecule has 0 fully saturated rings. The maximum atomic E-state index is 5.01. The highest BCUT2D eigenvalue weighted by molar-refractivity contribution is 6.06. The van der Waals surface area contributed by atoms with Crippen LogP contribution in [0.25, 0.3) is 5.52 Å². The molecule has 2 aromatic rings. The molecule has 3 nitrogen and oxygen atoms in total. The minimum atomic E-state index is 0.708. The van der Waals surface area contributed by atoms with E-state index in [0.29, 0.717) is 6.61 Å². The van der Waals surface area contributed by atoms with Crippen molar-refractivity contribution in [2.24, 2.45) is 5.16 Å². The van der Waals surface area contributed by atoms with Gasteiger partial charge in [0.25, 0.3) is 0 Å². The number of oxime groups is 1. The minimum Gasteiger partial charge on any atom is -0.395 e. The van der Waals surface area contributed by atoms with Gasteiger partial charge in [-0.2, -0.15) is 0 Å². The fourth-order valence-corrected chi connectivity index (χ4v) is 1.79. The fraction of sp³-hybridized carbons (Fsp3) is 0.182. The van der Waals surface area contributed by atoms with Crippen molar-refractivity contribution in [1.82, 2.24) is 4.40 Å². The molecule has 0 radical (unpaired) electrons. The molecule has 0 amide bonds. The van der Waals surface area contributed by atoms with E-state index in [1.54, 1.807) is 0 Å². The zero-order chi connectivity index (χ0) is 9.38. The Kier molecular flexibility index (Phi) is 1.56. The van der Waals surface area contributed by atoms with Gasteiger partial charge in [-0.15, -0.1) is 0 Å². The Morgan fingerprint density at radius 2 is 2.21 bits per heavy atom. The third kappa shape index (κ3) is 1.02. The second-order valence-electron chi connectivity index (χ2n) is 3.34. The molecule has 0 unspecified atom stereocenters. The van der Waals surface area contributed by atoms with Crippen LogP contribution in [-0.4, -0.2) is 16.7 Å². The first-order valence-corrected chi connectivity index (χ1v) is 4.70. The molecule has 0 N–H and O–H groups in total. The summed E-state index contributed by atoms with van der Waals surface area (Å²) in [6.45, 7) is 0.708. The Balaban J connectivity index is 2.21. The van der Waals surface area contributed by atoms with E-state index in [0.717, 1.165) is 12.1 Å². The lowest BCUT2D eigenvalue weighted by molar-refractivity contribution is 0.174. The Hall–Kier alpha value is -1.77. The highest BCUT2D eigenvalue weighted by Gasteiger charge is 2.13. The van der Waals surface area contributed by atoms with E-state index in [-0.39, 0.29) is 0 Å². The van der Waals surface area contributed by atoms with Crippen LogP contribution in [0.4, 0.5) is 0 Å². The van der Waals surface area contributed by atoms with Crippen LogP contribution in [-0.2, 0) is 4.84 Å². The lowest BCUT2D eigenvalue weighted by Gasteiger charge is -1.96. The third-order valence-corrected chi connectivity index (χ3v) is 2.48. The highest BCUT2D eigenvalue weighted by Crippen LogP contribution is 2.17. The molecule has 70 valence electrons. The molecule has 3 rings (SSSR count). The van der Waals surface area contributed by atoms with E-state index in [1.807, 2.05) is 24.5 Å². The predicted molar refractivity (Wildman–Crippen MR) is 54.5 cm³/mol. The van der Waals surface area contributed by atoms with Gasteiger partial charge < -0.3 is 9.24 Å². The molecule has 3 heteroatoms. The monoisotopic (exact) mass is 186 g/mol. The van der Waals surface area contributed by atoms with Crippen molar-refractivity contribution in [2.75, 3.05) is 6.61 Å². The maximum Gasteiger partial charge on any atom is 0.122 e. The molecular formula is C11H10N2O. The van der Waals surface area contributed by atoms with E-state index in [2.05, 4.69) is 21.7 Å². The van der Waals surface area contributed by atoms with Gasteiger partial charge in [0.2, 0.25) is 0 Å². The summed E-state index contributed by atoms with van der Waals surface area (Å²) in [7, 11) is 0. The Bertz CT molecular complexity index is 499. The number of nitrogens with zero attached hydrogens (tertiary/aromatic N) is 2. The zero-order valence-corrected chi connectivity index (χ0v) is 7.68. The molecule has 0 aromatic carbocycles. The van der Waals surface area contributed by atoms with E-state index in [9.17, 15) is 0 Å². The molecule has 1 aliphatic rings. The van der Waals surface area contributed by atoms with Crippen LogP contribution in [0.3, 0.4) is 0 Å². The largest absolute Gasteiger partial charge is 0.395 e. The van der Waals surface area contributed by atoms with Gasteiger partial charge in [-0.3, -0.25) is 0 Å². The maximum absolute atomic E-state index is 5.01. The number of hydrogen-bond donors (Lipinski definition) is 0. The topological polar surface area (TPSA) is 26.0 Å². The first-order chi connectivity index (χ1) is 6.95. The van der Waals surface area contributed by atoms with Crippen molar-refractivity contribution >= 4 is 11.2 Å². The number of pyridine rings is 1. The van der Waals surface area contributed by atoms with Crippen LogP contribution < -0.4 is 0 Å². The number of hydrogen-bond acceptors (Lipinski definition) is 2. The van der Waals surface area contributed by atoms with Crippen LogP contribution in [0.1, 0.15) is 12.0 Å². The van der Waals surface area contributed by atoms with Crippen LogP contribution in [0.15, 0.2) is 41.8 Å². The van der Waals surface area contributed by atoms with Gasteiger partial charge in [0.1, 0.15) is 6.61 Å². The molecular weight excluding hydrogens is 176 g/mol. The summed E-state index contributed by atoms with van der Waals surface area (Å²) in [5, 5.41) is 4.03. The molecule has 2 aromatic heterocycles. The van der Waals surface area contributed by atoms with Crippen molar-refractivity contribution in [3.63, 3.8) is 0 Å². The van der Waals surface area contributed by atoms with Gasteiger partial charge in [0.05, 0.1) is 11.2 Å². The normalized spacial score (nSPS) is 15.6. The summed E-state index contributed by atoms with van der Waals surface area (Å²) in [6, 6.07) is 8.23.